The van der Waals surface area contributed by atoms with Gasteiger partial charge in [-0.05, 0) is 37.6 Å². The quantitative estimate of drug-likeness (QED) is 0.829. The lowest BCUT2D eigenvalue weighted by molar-refractivity contribution is 0.601. The van der Waals surface area contributed by atoms with Gasteiger partial charge < -0.3 is 5.73 Å². The number of halogens is 2. The molecule has 2 aromatic rings. The summed E-state index contributed by atoms with van der Waals surface area (Å²) in [6.45, 7) is 4.21. The highest BCUT2D eigenvalue weighted by atomic mass is 35.5. The van der Waals surface area contributed by atoms with Crippen LogP contribution in [0.5, 0.6) is 0 Å². The van der Waals surface area contributed by atoms with Crippen LogP contribution in [0.3, 0.4) is 0 Å². The molecule has 1 aromatic heterocycles. The lowest BCUT2D eigenvalue weighted by Gasteiger charge is -2.09. The van der Waals surface area contributed by atoms with Gasteiger partial charge in [0.1, 0.15) is 5.83 Å². The van der Waals surface area contributed by atoms with E-state index in [1.807, 2.05) is 13.8 Å². The molecule has 1 aromatic carbocycles. The summed E-state index contributed by atoms with van der Waals surface area (Å²) < 4.78 is 38.7. The fraction of sp³-hybridized carbons (Fsp3) is 0.353. The molecule has 0 atom stereocenters. The highest BCUT2D eigenvalue weighted by Crippen LogP contribution is 2.24. The van der Waals surface area contributed by atoms with Gasteiger partial charge in [-0.1, -0.05) is 17.7 Å². The van der Waals surface area contributed by atoms with Crippen molar-refractivity contribution in [3.05, 3.63) is 57.6 Å². The first-order valence-corrected chi connectivity index (χ1v) is 9.96. The van der Waals surface area contributed by atoms with E-state index in [2.05, 4.69) is 5.10 Å². The van der Waals surface area contributed by atoms with Crippen molar-refractivity contribution in [2.45, 2.75) is 31.7 Å². The molecular formula is C17H21ClFN3O2S. The Hall–Kier alpha value is -1.70. The van der Waals surface area contributed by atoms with E-state index in [1.165, 1.54) is 18.2 Å². The third-order valence-corrected chi connectivity index (χ3v) is 5.45. The summed E-state index contributed by atoms with van der Waals surface area (Å²) in [6.07, 6.45) is 2.63. The molecule has 0 amide bonds. The van der Waals surface area contributed by atoms with Crippen LogP contribution in [0.25, 0.3) is 0 Å². The summed E-state index contributed by atoms with van der Waals surface area (Å²) in [5.41, 5.74) is 8.45. The molecule has 0 unspecified atom stereocenters. The van der Waals surface area contributed by atoms with E-state index in [1.54, 1.807) is 10.7 Å². The van der Waals surface area contributed by atoms with Gasteiger partial charge in [0, 0.05) is 35.5 Å². The SMILES string of the molecule is Cc1nn(Cc2ccc(S(C)(=O)=O)cc2Cl)c(C)c1C/C(F)=C/CN. The number of benzene rings is 1. The fourth-order valence-corrected chi connectivity index (χ4v) is 3.51. The molecule has 0 aliphatic rings. The first-order chi connectivity index (χ1) is 11.6. The minimum absolute atomic E-state index is 0.148. The molecule has 8 heteroatoms. The highest BCUT2D eigenvalue weighted by molar-refractivity contribution is 7.90. The molecule has 0 radical (unpaired) electrons. The molecule has 0 bridgehead atoms. The monoisotopic (exact) mass is 385 g/mol. The van der Waals surface area contributed by atoms with Crippen LogP contribution in [0.4, 0.5) is 4.39 Å². The van der Waals surface area contributed by atoms with E-state index in [0.29, 0.717) is 11.6 Å². The smallest absolute Gasteiger partial charge is 0.175 e. The number of hydrogen-bond donors (Lipinski definition) is 1. The molecule has 25 heavy (non-hydrogen) atoms. The van der Waals surface area contributed by atoms with Crippen LogP contribution >= 0.6 is 11.6 Å². The van der Waals surface area contributed by atoms with Gasteiger partial charge in [-0.3, -0.25) is 4.68 Å². The predicted molar refractivity (Wildman–Crippen MR) is 97.3 cm³/mol. The molecule has 0 aliphatic heterocycles. The molecule has 0 saturated heterocycles. The van der Waals surface area contributed by atoms with E-state index in [9.17, 15) is 12.8 Å². The van der Waals surface area contributed by atoms with Crippen molar-refractivity contribution in [2.75, 3.05) is 12.8 Å². The van der Waals surface area contributed by atoms with Gasteiger partial charge in [0.15, 0.2) is 9.84 Å². The predicted octanol–water partition coefficient (Wildman–Crippen LogP) is 2.96. The van der Waals surface area contributed by atoms with Gasteiger partial charge in [0.2, 0.25) is 0 Å². The highest BCUT2D eigenvalue weighted by Gasteiger charge is 2.15. The Morgan fingerprint density at radius 1 is 1.40 bits per heavy atom. The average Bonchev–Trinajstić information content (AvgIpc) is 2.76. The molecule has 0 aliphatic carbocycles. The Kier molecular flexibility index (Phi) is 6.03. The molecule has 2 N–H and O–H groups in total. The van der Waals surface area contributed by atoms with Crippen LogP contribution in [-0.2, 0) is 22.8 Å². The lowest BCUT2D eigenvalue weighted by atomic mass is 10.1. The normalized spacial score (nSPS) is 12.6. The van der Waals surface area contributed by atoms with Gasteiger partial charge in [-0.15, -0.1) is 0 Å². The van der Waals surface area contributed by atoms with Crippen molar-refractivity contribution >= 4 is 21.4 Å². The first-order valence-electron chi connectivity index (χ1n) is 7.69. The van der Waals surface area contributed by atoms with Gasteiger partial charge in [0.05, 0.1) is 17.1 Å². The summed E-state index contributed by atoms with van der Waals surface area (Å²) in [5.74, 6) is -0.288. The van der Waals surface area contributed by atoms with E-state index < -0.39 is 9.84 Å². The Bertz CT molecular complexity index is 920. The maximum atomic E-state index is 13.8. The van der Waals surface area contributed by atoms with Crippen molar-refractivity contribution in [1.82, 2.24) is 9.78 Å². The molecule has 1 heterocycles. The number of aryl methyl sites for hydroxylation is 1. The van der Waals surface area contributed by atoms with Gasteiger partial charge >= 0.3 is 0 Å². The lowest BCUT2D eigenvalue weighted by Crippen LogP contribution is -2.06. The number of nitrogens with two attached hydrogens (primary N) is 1. The summed E-state index contributed by atoms with van der Waals surface area (Å²) in [4.78, 5) is 0.171. The molecule has 136 valence electrons. The Balaban J connectivity index is 2.31. The second kappa shape index (κ2) is 7.68. The fourth-order valence-electron chi connectivity index (χ4n) is 2.56. The zero-order chi connectivity index (χ0) is 18.8. The standard InChI is InChI=1S/C17H21ClFN3O2S/c1-11-16(8-14(19)6-7-20)12(2)22(21-11)10-13-4-5-15(9-17(13)18)25(3,23)24/h4-6,9H,7-8,10,20H2,1-3H3/b14-6-. The Labute approximate surface area is 152 Å². The molecular weight excluding hydrogens is 365 g/mol. The van der Waals surface area contributed by atoms with Crippen LogP contribution in [0.2, 0.25) is 5.02 Å². The molecule has 5 nitrogen and oxygen atoms in total. The van der Waals surface area contributed by atoms with E-state index in [-0.39, 0.29) is 23.7 Å². The van der Waals surface area contributed by atoms with Crippen LogP contribution < -0.4 is 5.73 Å². The first kappa shape index (κ1) is 19.6. The number of sulfone groups is 1. The van der Waals surface area contributed by atoms with Crippen molar-refractivity contribution in [1.29, 1.82) is 0 Å². The van der Waals surface area contributed by atoms with Crippen molar-refractivity contribution in [3.8, 4) is 0 Å². The van der Waals surface area contributed by atoms with Crippen LogP contribution in [0.15, 0.2) is 35.0 Å². The average molecular weight is 386 g/mol. The zero-order valence-electron chi connectivity index (χ0n) is 14.4. The third-order valence-electron chi connectivity index (χ3n) is 3.99. The van der Waals surface area contributed by atoms with E-state index in [0.717, 1.165) is 28.8 Å². The Morgan fingerprint density at radius 3 is 2.64 bits per heavy atom. The number of nitrogens with zero attached hydrogens (tertiary/aromatic N) is 2. The van der Waals surface area contributed by atoms with E-state index >= 15 is 0 Å². The summed E-state index contributed by atoms with van der Waals surface area (Å²) in [6, 6.07) is 4.62. The van der Waals surface area contributed by atoms with E-state index in [4.69, 9.17) is 17.3 Å². The van der Waals surface area contributed by atoms with Crippen LogP contribution in [-0.4, -0.2) is 31.0 Å². The minimum Gasteiger partial charge on any atom is -0.327 e. The Morgan fingerprint density at radius 2 is 2.08 bits per heavy atom. The van der Waals surface area contributed by atoms with Crippen molar-refractivity contribution < 1.29 is 12.8 Å². The molecule has 2 rings (SSSR count). The second-order valence-electron chi connectivity index (χ2n) is 5.90. The third kappa shape index (κ3) is 4.68. The number of allylic oxidation sites excluding steroid dienone is 1. The number of hydrogen-bond acceptors (Lipinski definition) is 4. The van der Waals surface area contributed by atoms with Crippen LogP contribution in [0.1, 0.15) is 22.5 Å². The van der Waals surface area contributed by atoms with Crippen molar-refractivity contribution in [2.24, 2.45) is 5.73 Å². The minimum atomic E-state index is -3.31. The zero-order valence-corrected chi connectivity index (χ0v) is 16.0. The topological polar surface area (TPSA) is 78.0 Å². The van der Waals surface area contributed by atoms with Gasteiger partial charge in [-0.2, -0.15) is 5.10 Å². The maximum absolute atomic E-state index is 13.8. The largest absolute Gasteiger partial charge is 0.327 e. The van der Waals surface area contributed by atoms with Crippen molar-refractivity contribution in [3.63, 3.8) is 0 Å². The summed E-state index contributed by atoms with van der Waals surface area (Å²) >= 11 is 6.22. The maximum Gasteiger partial charge on any atom is 0.175 e. The van der Waals surface area contributed by atoms with Crippen LogP contribution in [0, 0.1) is 13.8 Å². The molecule has 0 spiro atoms. The summed E-state index contributed by atoms with van der Waals surface area (Å²) in [7, 11) is -3.31. The molecule has 0 fully saturated rings. The summed E-state index contributed by atoms with van der Waals surface area (Å²) in [5, 5.41) is 4.80. The number of rotatable bonds is 6. The van der Waals surface area contributed by atoms with Gasteiger partial charge in [0.25, 0.3) is 0 Å². The number of aromatic nitrogens is 2. The van der Waals surface area contributed by atoms with Gasteiger partial charge in [-0.25, -0.2) is 12.8 Å². The second-order valence-corrected chi connectivity index (χ2v) is 8.32. The molecule has 0 saturated carbocycles.